The highest BCUT2D eigenvalue weighted by atomic mass is 16.5. The van der Waals surface area contributed by atoms with Gasteiger partial charge >= 0.3 is 0 Å². The Kier molecular flexibility index (Phi) is 5.01. The van der Waals surface area contributed by atoms with Crippen molar-refractivity contribution in [3.63, 3.8) is 0 Å². The lowest BCUT2D eigenvalue weighted by atomic mass is 9.93. The molecule has 2 aliphatic rings. The summed E-state index contributed by atoms with van der Waals surface area (Å²) in [5.41, 5.74) is 0.940. The third-order valence-corrected chi connectivity index (χ3v) is 4.89. The Labute approximate surface area is 152 Å². The van der Waals surface area contributed by atoms with Gasteiger partial charge < -0.3 is 15.0 Å². The average molecular weight is 354 g/mol. The first-order valence-corrected chi connectivity index (χ1v) is 9.06. The van der Waals surface area contributed by atoms with E-state index in [1.807, 2.05) is 4.90 Å². The summed E-state index contributed by atoms with van der Waals surface area (Å²) >= 11 is 0. The Morgan fingerprint density at radius 3 is 2.69 bits per heavy atom. The van der Waals surface area contributed by atoms with Crippen LogP contribution in [0.25, 0.3) is 0 Å². The van der Waals surface area contributed by atoms with Gasteiger partial charge in [-0.1, -0.05) is 0 Å². The first kappa shape index (κ1) is 16.8. The number of hydrogen-bond donors (Lipinski definition) is 1. The molecule has 0 bridgehead atoms. The molecule has 0 spiro atoms. The molecule has 2 aromatic rings. The van der Waals surface area contributed by atoms with Gasteiger partial charge in [0.2, 0.25) is 5.95 Å². The van der Waals surface area contributed by atoms with Crippen LogP contribution in [-0.2, 0) is 9.53 Å². The molecule has 1 atom stereocenters. The van der Waals surface area contributed by atoms with Crippen LogP contribution < -0.4 is 5.32 Å². The van der Waals surface area contributed by atoms with Crippen molar-refractivity contribution in [3.8, 4) is 0 Å². The molecule has 2 aliphatic heterocycles. The fraction of sp³-hybridized carbons (Fsp3) is 0.500. The summed E-state index contributed by atoms with van der Waals surface area (Å²) in [6.07, 6.45) is 10.2. The molecule has 1 unspecified atom stereocenters. The minimum absolute atomic E-state index is 0.142. The highest BCUT2D eigenvalue weighted by molar-refractivity contribution is 5.81. The molecule has 8 heteroatoms. The number of amides is 1. The van der Waals surface area contributed by atoms with Crippen LogP contribution in [0.5, 0.6) is 0 Å². The average Bonchev–Trinajstić information content (AvgIpc) is 3.23. The lowest BCUT2D eigenvalue weighted by Gasteiger charge is -2.33. The first-order valence-electron chi connectivity index (χ1n) is 9.06. The maximum atomic E-state index is 12.4. The molecule has 0 saturated carbocycles. The zero-order valence-electron chi connectivity index (χ0n) is 14.5. The molecule has 1 amide bonds. The number of anilines is 2. The van der Waals surface area contributed by atoms with E-state index >= 15 is 0 Å². The standard InChI is InChI=1S/C18H22N6O2/c25-17(15-3-1-10-26-15)24-8-4-13(5-9-24)14-11-19-12-16(22-14)23-18-20-6-2-7-21-18/h2,6-7,11-13,15H,1,3-5,8-10H2,(H,20,21,22,23). The summed E-state index contributed by atoms with van der Waals surface area (Å²) in [6, 6.07) is 1.76. The minimum atomic E-state index is -0.232. The van der Waals surface area contributed by atoms with Crippen LogP contribution in [0, 0.1) is 0 Å². The molecule has 0 aliphatic carbocycles. The second kappa shape index (κ2) is 7.74. The van der Waals surface area contributed by atoms with E-state index in [9.17, 15) is 4.79 Å². The molecule has 0 radical (unpaired) electrons. The zero-order chi connectivity index (χ0) is 17.8. The molecule has 136 valence electrons. The van der Waals surface area contributed by atoms with Crippen LogP contribution >= 0.6 is 0 Å². The molecule has 4 heterocycles. The van der Waals surface area contributed by atoms with Crippen LogP contribution in [-0.4, -0.2) is 56.5 Å². The van der Waals surface area contributed by atoms with Crippen molar-refractivity contribution in [2.24, 2.45) is 0 Å². The number of nitrogens with zero attached hydrogens (tertiary/aromatic N) is 5. The topological polar surface area (TPSA) is 93.1 Å². The monoisotopic (exact) mass is 354 g/mol. The molecular formula is C18H22N6O2. The predicted octanol–water partition coefficient (Wildman–Crippen LogP) is 1.90. The largest absolute Gasteiger partial charge is 0.368 e. The van der Waals surface area contributed by atoms with E-state index in [0.29, 0.717) is 24.3 Å². The number of nitrogens with one attached hydrogen (secondary N) is 1. The Morgan fingerprint density at radius 2 is 1.96 bits per heavy atom. The molecule has 4 rings (SSSR count). The van der Waals surface area contributed by atoms with Crippen LogP contribution in [0.1, 0.15) is 37.3 Å². The Bertz CT molecular complexity index is 742. The van der Waals surface area contributed by atoms with Gasteiger partial charge in [0.15, 0.2) is 5.82 Å². The van der Waals surface area contributed by atoms with Crippen LogP contribution in [0.2, 0.25) is 0 Å². The number of carbonyl (C=O) groups is 1. The molecule has 26 heavy (non-hydrogen) atoms. The molecule has 2 saturated heterocycles. The van der Waals surface area contributed by atoms with Crippen molar-refractivity contribution in [2.75, 3.05) is 25.0 Å². The highest BCUT2D eigenvalue weighted by Gasteiger charge is 2.31. The number of likely N-dealkylation sites (tertiary alicyclic amines) is 1. The van der Waals surface area contributed by atoms with Gasteiger partial charge in [0.25, 0.3) is 5.91 Å². The van der Waals surface area contributed by atoms with Crippen LogP contribution in [0.4, 0.5) is 11.8 Å². The molecule has 0 aromatic carbocycles. The van der Waals surface area contributed by atoms with Crippen molar-refractivity contribution in [2.45, 2.75) is 37.7 Å². The van der Waals surface area contributed by atoms with Crippen molar-refractivity contribution in [1.82, 2.24) is 24.8 Å². The lowest BCUT2D eigenvalue weighted by Crippen LogP contribution is -2.43. The Morgan fingerprint density at radius 1 is 1.15 bits per heavy atom. The number of aromatic nitrogens is 4. The summed E-state index contributed by atoms with van der Waals surface area (Å²) in [6.45, 7) is 2.18. The van der Waals surface area contributed by atoms with Gasteiger partial charge in [-0.15, -0.1) is 0 Å². The number of hydrogen-bond acceptors (Lipinski definition) is 7. The van der Waals surface area contributed by atoms with E-state index in [4.69, 9.17) is 4.74 Å². The van der Waals surface area contributed by atoms with Crippen molar-refractivity contribution >= 4 is 17.7 Å². The second-order valence-corrected chi connectivity index (χ2v) is 6.63. The van der Waals surface area contributed by atoms with E-state index < -0.39 is 0 Å². The maximum absolute atomic E-state index is 12.4. The van der Waals surface area contributed by atoms with Crippen molar-refractivity contribution < 1.29 is 9.53 Å². The maximum Gasteiger partial charge on any atom is 0.251 e. The molecule has 1 N–H and O–H groups in total. The number of rotatable bonds is 4. The fourth-order valence-corrected chi connectivity index (χ4v) is 3.49. The van der Waals surface area contributed by atoms with E-state index in [1.165, 1.54) is 0 Å². The van der Waals surface area contributed by atoms with Gasteiger partial charge in [-0.2, -0.15) is 0 Å². The summed E-state index contributed by atoms with van der Waals surface area (Å²) in [5.74, 6) is 1.57. The fourth-order valence-electron chi connectivity index (χ4n) is 3.49. The third-order valence-electron chi connectivity index (χ3n) is 4.89. The number of ether oxygens (including phenoxy) is 1. The summed E-state index contributed by atoms with van der Waals surface area (Å²) in [4.78, 5) is 31.6. The SMILES string of the molecule is O=C(C1CCCO1)N1CCC(c2cncc(Nc3ncccn3)n2)CC1. The molecule has 2 aromatic heterocycles. The smallest absolute Gasteiger partial charge is 0.251 e. The lowest BCUT2D eigenvalue weighted by molar-refractivity contribution is -0.142. The van der Waals surface area contributed by atoms with Gasteiger partial charge in [0.1, 0.15) is 6.10 Å². The van der Waals surface area contributed by atoms with Gasteiger partial charge in [0.05, 0.1) is 11.9 Å². The molecular weight excluding hydrogens is 332 g/mol. The quantitative estimate of drug-likeness (QED) is 0.896. The Balaban J connectivity index is 1.37. The normalized spacial score (nSPS) is 20.9. The first-order chi connectivity index (χ1) is 12.8. The van der Waals surface area contributed by atoms with E-state index in [-0.39, 0.29) is 12.0 Å². The van der Waals surface area contributed by atoms with Gasteiger partial charge in [-0.05, 0) is 31.7 Å². The summed E-state index contributed by atoms with van der Waals surface area (Å²) in [5, 5.41) is 3.07. The van der Waals surface area contributed by atoms with E-state index in [1.54, 1.807) is 30.9 Å². The summed E-state index contributed by atoms with van der Waals surface area (Å²) < 4.78 is 5.52. The number of carbonyl (C=O) groups excluding carboxylic acids is 1. The van der Waals surface area contributed by atoms with Gasteiger partial charge in [0, 0.05) is 44.2 Å². The van der Waals surface area contributed by atoms with Crippen molar-refractivity contribution in [1.29, 1.82) is 0 Å². The van der Waals surface area contributed by atoms with Crippen LogP contribution in [0.3, 0.4) is 0 Å². The van der Waals surface area contributed by atoms with Gasteiger partial charge in [-0.25, -0.2) is 15.0 Å². The Hall–Kier alpha value is -2.61. The van der Waals surface area contributed by atoms with Crippen LogP contribution in [0.15, 0.2) is 30.9 Å². The number of piperidine rings is 1. The second-order valence-electron chi connectivity index (χ2n) is 6.63. The van der Waals surface area contributed by atoms with Crippen molar-refractivity contribution in [3.05, 3.63) is 36.5 Å². The zero-order valence-corrected chi connectivity index (χ0v) is 14.5. The third kappa shape index (κ3) is 3.80. The summed E-state index contributed by atoms with van der Waals surface area (Å²) in [7, 11) is 0. The minimum Gasteiger partial charge on any atom is -0.368 e. The predicted molar refractivity (Wildman–Crippen MR) is 94.9 cm³/mol. The van der Waals surface area contributed by atoms with Gasteiger partial charge in [-0.3, -0.25) is 9.78 Å². The molecule has 2 fully saturated rings. The van der Waals surface area contributed by atoms with E-state index in [2.05, 4.69) is 25.3 Å². The van der Waals surface area contributed by atoms with E-state index in [0.717, 1.165) is 44.5 Å². The highest BCUT2D eigenvalue weighted by Crippen LogP contribution is 2.28. The molecule has 8 nitrogen and oxygen atoms in total.